The lowest BCUT2D eigenvalue weighted by Crippen LogP contribution is -2.25. The van der Waals surface area contributed by atoms with Gasteiger partial charge < -0.3 is 21.8 Å². The van der Waals surface area contributed by atoms with E-state index in [1.54, 1.807) is 0 Å². The zero-order valence-corrected chi connectivity index (χ0v) is 15.6. The molecule has 0 aliphatic rings. The van der Waals surface area contributed by atoms with Crippen molar-refractivity contribution in [1.82, 2.24) is 15.3 Å². The molecule has 1 amide bonds. The van der Waals surface area contributed by atoms with Crippen LogP contribution in [-0.2, 0) is 0 Å². The van der Waals surface area contributed by atoms with E-state index in [0.29, 0.717) is 18.8 Å². The number of para-hydroxylation sites is 1. The minimum Gasteiger partial charge on any atom is -0.370 e. The average Bonchev–Trinajstić information content (AvgIpc) is 3.03. The fourth-order valence-corrected chi connectivity index (χ4v) is 3.21. The fourth-order valence-electron chi connectivity index (χ4n) is 3.21. The molecule has 2 heterocycles. The summed E-state index contributed by atoms with van der Waals surface area (Å²) in [6, 6.07) is 9.94. The predicted molar refractivity (Wildman–Crippen MR) is 110 cm³/mol. The van der Waals surface area contributed by atoms with Gasteiger partial charge in [-0.25, -0.2) is 4.98 Å². The van der Waals surface area contributed by atoms with Crippen molar-refractivity contribution in [2.75, 3.05) is 13.1 Å². The summed E-state index contributed by atoms with van der Waals surface area (Å²) in [6.07, 6.45) is 3.92. The molecule has 3 aromatic rings. The number of aromatic amines is 1. The number of H-pyrrole nitrogens is 1. The summed E-state index contributed by atoms with van der Waals surface area (Å²) in [5.74, 6) is 0.00279. The number of benzene rings is 1. The van der Waals surface area contributed by atoms with Crippen LogP contribution < -0.4 is 16.8 Å². The number of nitrogens with zero attached hydrogens (tertiary/aromatic N) is 2. The molecule has 0 radical (unpaired) electrons. The van der Waals surface area contributed by atoms with Gasteiger partial charge in [-0.05, 0) is 31.9 Å². The highest BCUT2D eigenvalue weighted by atomic mass is 16.1. The van der Waals surface area contributed by atoms with Crippen LogP contribution in [0.25, 0.3) is 21.8 Å². The highest BCUT2D eigenvalue weighted by Gasteiger charge is 2.13. The summed E-state index contributed by atoms with van der Waals surface area (Å²) in [7, 11) is 0. The highest BCUT2D eigenvalue weighted by molar-refractivity contribution is 6.10. The molecule has 2 aromatic heterocycles. The first-order valence-corrected chi connectivity index (χ1v) is 9.28. The first-order chi connectivity index (χ1) is 13.1. The highest BCUT2D eigenvalue weighted by Crippen LogP contribution is 2.27. The molecule has 3 rings (SSSR count). The number of fused-ring (bicyclic) bond motifs is 3. The molecule has 0 aliphatic heterocycles. The molecular formula is C20H26N6O. The van der Waals surface area contributed by atoms with Crippen LogP contribution in [-0.4, -0.2) is 34.9 Å². The SMILES string of the molecule is Cc1nc(C(=O)NCCCCCCN=C(N)N)cc2c1[nH]c1ccccc12. The number of carbonyl (C=O) groups excluding carboxylic acids is 1. The first kappa shape index (κ1) is 18.7. The van der Waals surface area contributed by atoms with E-state index in [-0.39, 0.29) is 11.9 Å². The van der Waals surface area contributed by atoms with Crippen molar-refractivity contribution in [1.29, 1.82) is 0 Å². The molecule has 27 heavy (non-hydrogen) atoms. The van der Waals surface area contributed by atoms with E-state index < -0.39 is 0 Å². The Hall–Kier alpha value is -3.09. The normalized spacial score (nSPS) is 11.0. The van der Waals surface area contributed by atoms with Crippen LogP contribution in [0.15, 0.2) is 35.3 Å². The Balaban J connectivity index is 1.56. The zero-order chi connectivity index (χ0) is 19.2. The van der Waals surface area contributed by atoms with Gasteiger partial charge in [0.05, 0.1) is 11.2 Å². The maximum absolute atomic E-state index is 12.5. The summed E-state index contributed by atoms with van der Waals surface area (Å²) in [5.41, 5.74) is 13.9. The van der Waals surface area contributed by atoms with E-state index in [0.717, 1.165) is 53.2 Å². The third kappa shape index (κ3) is 4.55. The van der Waals surface area contributed by atoms with Gasteiger partial charge in [-0.1, -0.05) is 31.0 Å². The third-order valence-electron chi connectivity index (χ3n) is 4.57. The molecule has 0 atom stereocenters. The van der Waals surface area contributed by atoms with Gasteiger partial charge in [0.25, 0.3) is 5.91 Å². The molecular weight excluding hydrogens is 340 g/mol. The molecule has 0 bridgehead atoms. The molecule has 6 N–H and O–H groups in total. The number of aryl methyl sites for hydroxylation is 1. The second kappa shape index (κ2) is 8.53. The Bertz CT molecular complexity index is 971. The summed E-state index contributed by atoms with van der Waals surface area (Å²) >= 11 is 0. The van der Waals surface area contributed by atoms with Crippen LogP contribution in [0, 0.1) is 6.92 Å². The van der Waals surface area contributed by atoms with Crippen LogP contribution in [0.3, 0.4) is 0 Å². The van der Waals surface area contributed by atoms with E-state index in [2.05, 4.69) is 26.3 Å². The fraction of sp³-hybridized carbons (Fsp3) is 0.350. The maximum atomic E-state index is 12.5. The van der Waals surface area contributed by atoms with Gasteiger partial charge in [-0.2, -0.15) is 0 Å². The molecule has 0 spiro atoms. The van der Waals surface area contributed by atoms with E-state index in [9.17, 15) is 4.79 Å². The predicted octanol–water partition coefficient (Wildman–Crippen LogP) is 2.59. The van der Waals surface area contributed by atoms with Crippen LogP contribution in [0.1, 0.15) is 41.9 Å². The van der Waals surface area contributed by atoms with Crippen molar-refractivity contribution in [2.24, 2.45) is 16.5 Å². The summed E-state index contributed by atoms with van der Waals surface area (Å²) in [6.45, 7) is 3.21. The average molecular weight is 366 g/mol. The molecule has 142 valence electrons. The molecule has 7 heteroatoms. The van der Waals surface area contributed by atoms with Crippen LogP contribution in [0.5, 0.6) is 0 Å². The van der Waals surface area contributed by atoms with Crippen LogP contribution in [0.4, 0.5) is 0 Å². The van der Waals surface area contributed by atoms with Crippen molar-refractivity contribution in [3.8, 4) is 0 Å². The van der Waals surface area contributed by atoms with Crippen LogP contribution in [0.2, 0.25) is 0 Å². The molecule has 0 aliphatic carbocycles. The Morgan fingerprint density at radius 3 is 2.74 bits per heavy atom. The minimum absolute atomic E-state index is 0.134. The largest absolute Gasteiger partial charge is 0.370 e. The Labute approximate surface area is 158 Å². The number of unbranched alkanes of at least 4 members (excludes halogenated alkanes) is 3. The topological polar surface area (TPSA) is 122 Å². The molecule has 0 saturated carbocycles. The van der Waals surface area contributed by atoms with E-state index >= 15 is 0 Å². The van der Waals surface area contributed by atoms with Crippen molar-refractivity contribution < 1.29 is 4.79 Å². The second-order valence-corrected chi connectivity index (χ2v) is 6.66. The molecule has 1 aromatic carbocycles. The van der Waals surface area contributed by atoms with E-state index in [1.807, 2.05) is 31.2 Å². The summed E-state index contributed by atoms with van der Waals surface area (Å²) < 4.78 is 0. The van der Waals surface area contributed by atoms with Gasteiger partial charge >= 0.3 is 0 Å². The number of hydrogen-bond acceptors (Lipinski definition) is 3. The number of nitrogens with one attached hydrogen (secondary N) is 2. The number of nitrogens with two attached hydrogens (primary N) is 2. The zero-order valence-electron chi connectivity index (χ0n) is 15.6. The summed E-state index contributed by atoms with van der Waals surface area (Å²) in [4.78, 5) is 24.3. The van der Waals surface area contributed by atoms with Gasteiger partial charge in [-0.3, -0.25) is 9.79 Å². The lowest BCUT2D eigenvalue weighted by Gasteiger charge is -2.06. The number of guanidine groups is 1. The van der Waals surface area contributed by atoms with Gasteiger partial charge in [0.1, 0.15) is 5.69 Å². The monoisotopic (exact) mass is 366 g/mol. The lowest BCUT2D eigenvalue weighted by molar-refractivity contribution is 0.0948. The van der Waals surface area contributed by atoms with Crippen molar-refractivity contribution in [3.63, 3.8) is 0 Å². The maximum Gasteiger partial charge on any atom is 0.269 e. The van der Waals surface area contributed by atoms with E-state index in [1.165, 1.54) is 0 Å². The van der Waals surface area contributed by atoms with Gasteiger partial charge in [0, 0.05) is 29.4 Å². The lowest BCUT2D eigenvalue weighted by atomic mass is 10.1. The molecule has 7 nitrogen and oxygen atoms in total. The van der Waals surface area contributed by atoms with E-state index in [4.69, 9.17) is 11.5 Å². The number of aromatic nitrogens is 2. The van der Waals surface area contributed by atoms with Crippen molar-refractivity contribution in [2.45, 2.75) is 32.6 Å². The first-order valence-electron chi connectivity index (χ1n) is 9.28. The second-order valence-electron chi connectivity index (χ2n) is 6.66. The van der Waals surface area contributed by atoms with Gasteiger partial charge in [0.15, 0.2) is 5.96 Å². The number of pyridine rings is 1. The number of rotatable bonds is 8. The number of aliphatic imine (C=N–C) groups is 1. The van der Waals surface area contributed by atoms with Gasteiger partial charge in [-0.15, -0.1) is 0 Å². The molecule has 0 unspecified atom stereocenters. The Morgan fingerprint density at radius 2 is 1.93 bits per heavy atom. The third-order valence-corrected chi connectivity index (χ3v) is 4.57. The van der Waals surface area contributed by atoms with Crippen LogP contribution >= 0.6 is 0 Å². The smallest absolute Gasteiger partial charge is 0.269 e. The Morgan fingerprint density at radius 1 is 1.15 bits per heavy atom. The summed E-state index contributed by atoms with van der Waals surface area (Å²) in [5, 5.41) is 5.10. The molecule has 0 fully saturated rings. The minimum atomic E-state index is -0.134. The van der Waals surface area contributed by atoms with Crippen molar-refractivity contribution in [3.05, 3.63) is 41.7 Å². The standard InChI is InChI=1S/C20H26N6O/c1-13-18-15(14-8-4-5-9-16(14)26-18)12-17(25-13)19(27)23-10-6-2-3-7-11-24-20(21)22/h4-5,8-9,12,26H,2-3,6-7,10-11H2,1H3,(H,23,27)(H4,21,22,24). The Kier molecular flexibility index (Phi) is 5.90. The van der Waals surface area contributed by atoms with Gasteiger partial charge in [0.2, 0.25) is 0 Å². The molecule has 0 saturated heterocycles. The quantitative estimate of drug-likeness (QED) is 0.278. The van der Waals surface area contributed by atoms with Crippen molar-refractivity contribution >= 4 is 33.7 Å². The number of hydrogen-bond donors (Lipinski definition) is 4. The number of amides is 1. The number of carbonyl (C=O) groups is 1.